The van der Waals surface area contributed by atoms with Crippen LogP contribution in [0.1, 0.15) is 26.3 Å². The number of rotatable bonds is 9. The fourth-order valence-corrected chi connectivity index (χ4v) is 2.41. The molecule has 0 aliphatic carbocycles. The van der Waals surface area contributed by atoms with Gasteiger partial charge >= 0.3 is 0 Å². The molecule has 1 aromatic carbocycles. The first kappa shape index (κ1) is 23.0. The van der Waals surface area contributed by atoms with Crippen molar-refractivity contribution in [3.63, 3.8) is 0 Å². The molecular formula is C19H27Cl2N5O. The van der Waals surface area contributed by atoms with E-state index >= 15 is 0 Å². The van der Waals surface area contributed by atoms with Crippen LogP contribution in [0.15, 0.2) is 46.4 Å². The highest BCUT2D eigenvalue weighted by atomic mass is 35.5. The van der Waals surface area contributed by atoms with Gasteiger partial charge in [0.2, 0.25) is 0 Å². The molecule has 0 atom stereocenters. The van der Waals surface area contributed by atoms with Crippen molar-refractivity contribution >= 4 is 34.8 Å². The van der Waals surface area contributed by atoms with Crippen LogP contribution >= 0.6 is 23.2 Å². The number of aliphatic imine (C=N–C) groups is 1. The lowest BCUT2D eigenvalue weighted by Gasteiger charge is -2.16. The Morgan fingerprint density at radius 2 is 1.93 bits per heavy atom. The van der Waals surface area contributed by atoms with Crippen molar-refractivity contribution in [3.8, 4) is 0 Å². The third-order valence-corrected chi connectivity index (χ3v) is 4.40. The number of hydrogen-bond donors (Lipinski definition) is 4. The van der Waals surface area contributed by atoms with Crippen molar-refractivity contribution in [3.05, 3.63) is 57.0 Å². The number of likely N-dealkylation sites (N-methyl/N-ethyl adjacent to an activating group) is 1. The second kappa shape index (κ2) is 11.6. The summed E-state index contributed by atoms with van der Waals surface area (Å²) in [5.74, 6) is 0.292. The van der Waals surface area contributed by atoms with Gasteiger partial charge in [-0.1, -0.05) is 29.3 Å². The molecule has 0 saturated heterocycles. The van der Waals surface area contributed by atoms with Crippen molar-refractivity contribution in [2.75, 3.05) is 20.1 Å². The van der Waals surface area contributed by atoms with Crippen molar-refractivity contribution in [2.45, 2.75) is 27.3 Å². The first-order chi connectivity index (χ1) is 12.8. The number of amides is 1. The minimum Gasteiger partial charge on any atom is -0.404 e. The van der Waals surface area contributed by atoms with Crippen molar-refractivity contribution in [1.29, 1.82) is 0 Å². The average Bonchev–Trinajstić information content (AvgIpc) is 2.64. The standard InChI is InChI=1S/C19H27Cl2N5O/c1-12(2)18(25-11-14-5-6-15(20)16(21)9-14)26-19(27)17(13(3)10-22)24-8-7-23-4/h5-6,9-10,23,25H,7-8,11,22H2,1-4H3,(H,26,27). The number of nitrogens with two attached hydrogens (primary N) is 1. The summed E-state index contributed by atoms with van der Waals surface area (Å²) in [4.78, 5) is 17.0. The summed E-state index contributed by atoms with van der Waals surface area (Å²) in [6, 6.07) is 5.40. The molecule has 8 heteroatoms. The van der Waals surface area contributed by atoms with E-state index in [4.69, 9.17) is 28.9 Å². The predicted octanol–water partition coefficient (Wildman–Crippen LogP) is 2.97. The van der Waals surface area contributed by atoms with Gasteiger partial charge in [0.15, 0.2) is 0 Å². The number of halogens is 2. The van der Waals surface area contributed by atoms with Crippen LogP contribution in [0.25, 0.3) is 0 Å². The van der Waals surface area contributed by atoms with Crippen LogP contribution in [-0.2, 0) is 11.3 Å². The number of carbonyl (C=O) groups excluding carboxylic acids is 1. The summed E-state index contributed by atoms with van der Waals surface area (Å²) in [6.07, 6.45) is 1.38. The monoisotopic (exact) mass is 411 g/mol. The molecule has 1 rings (SSSR count). The minimum absolute atomic E-state index is 0.308. The molecule has 0 aliphatic heterocycles. The third-order valence-electron chi connectivity index (χ3n) is 3.66. The van der Waals surface area contributed by atoms with Crippen molar-refractivity contribution in [1.82, 2.24) is 16.0 Å². The Hall–Kier alpha value is -2.02. The van der Waals surface area contributed by atoms with Crippen LogP contribution in [0.3, 0.4) is 0 Å². The van der Waals surface area contributed by atoms with Gasteiger partial charge in [-0.25, -0.2) is 0 Å². The van der Waals surface area contributed by atoms with Crippen LogP contribution in [0.4, 0.5) is 0 Å². The topological polar surface area (TPSA) is 91.5 Å². The second-order valence-corrected chi connectivity index (χ2v) is 6.93. The first-order valence-corrected chi connectivity index (χ1v) is 9.30. The fraction of sp³-hybridized carbons (Fsp3) is 0.368. The van der Waals surface area contributed by atoms with Gasteiger partial charge in [-0.3, -0.25) is 9.79 Å². The van der Waals surface area contributed by atoms with E-state index in [1.807, 2.05) is 27.0 Å². The van der Waals surface area contributed by atoms with Gasteiger partial charge in [-0.2, -0.15) is 0 Å². The van der Waals surface area contributed by atoms with Gasteiger partial charge in [0, 0.05) is 13.1 Å². The minimum atomic E-state index is -0.317. The maximum atomic E-state index is 12.7. The number of nitrogens with one attached hydrogen (secondary N) is 3. The van der Waals surface area contributed by atoms with E-state index in [9.17, 15) is 4.79 Å². The molecule has 0 aromatic heterocycles. The molecule has 6 nitrogen and oxygen atoms in total. The zero-order valence-corrected chi connectivity index (χ0v) is 17.6. The van der Waals surface area contributed by atoms with Gasteiger partial charge in [-0.05, 0) is 62.9 Å². The lowest BCUT2D eigenvalue weighted by atomic mass is 10.1. The summed E-state index contributed by atoms with van der Waals surface area (Å²) < 4.78 is 0. The highest BCUT2D eigenvalue weighted by Gasteiger charge is 2.15. The normalized spacial score (nSPS) is 11.9. The van der Waals surface area contributed by atoms with Crippen LogP contribution in [0.5, 0.6) is 0 Å². The Balaban J connectivity index is 2.88. The van der Waals surface area contributed by atoms with Crippen LogP contribution in [0, 0.1) is 0 Å². The maximum absolute atomic E-state index is 12.7. The number of carbonyl (C=O) groups is 1. The molecule has 0 heterocycles. The molecule has 27 heavy (non-hydrogen) atoms. The van der Waals surface area contributed by atoms with Gasteiger partial charge in [0.05, 0.1) is 16.6 Å². The van der Waals surface area contributed by atoms with Gasteiger partial charge in [0.1, 0.15) is 11.5 Å². The summed E-state index contributed by atoms with van der Waals surface area (Å²) in [7, 11) is 1.83. The van der Waals surface area contributed by atoms with E-state index in [0.29, 0.717) is 46.8 Å². The van der Waals surface area contributed by atoms with Crippen LogP contribution in [-0.4, -0.2) is 31.8 Å². The Labute approximate surface area is 170 Å². The molecule has 0 spiro atoms. The van der Waals surface area contributed by atoms with E-state index in [0.717, 1.165) is 11.1 Å². The van der Waals surface area contributed by atoms with E-state index in [1.165, 1.54) is 6.20 Å². The largest absolute Gasteiger partial charge is 0.404 e. The van der Waals surface area contributed by atoms with Gasteiger partial charge in [0.25, 0.3) is 5.91 Å². The van der Waals surface area contributed by atoms with Crippen LogP contribution < -0.4 is 21.7 Å². The molecule has 5 N–H and O–H groups in total. The lowest BCUT2D eigenvalue weighted by Crippen LogP contribution is -2.37. The molecule has 0 radical (unpaired) electrons. The summed E-state index contributed by atoms with van der Waals surface area (Å²) >= 11 is 12.0. The Kier molecular flexibility index (Phi) is 9.93. The fourth-order valence-electron chi connectivity index (χ4n) is 2.09. The first-order valence-electron chi connectivity index (χ1n) is 8.54. The number of nitrogens with zero attached hydrogens (tertiary/aromatic N) is 1. The summed E-state index contributed by atoms with van der Waals surface area (Å²) in [6.45, 7) is 7.19. The molecule has 0 bridgehead atoms. The Morgan fingerprint density at radius 3 is 2.48 bits per heavy atom. The summed E-state index contributed by atoms with van der Waals surface area (Å²) in [5.41, 5.74) is 8.36. The number of hydrogen-bond acceptors (Lipinski definition) is 5. The molecule has 1 aromatic rings. The van der Waals surface area contributed by atoms with Crippen molar-refractivity contribution < 1.29 is 4.79 Å². The van der Waals surface area contributed by atoms with E-state index in [1.54, 1.807) is 19.1 Å². The quantitative estimate of drug-likeness (QED) is 0.371. The van der Waals surface area contributed by atoms with E-state index in [-0.39, 0.29) is 5.91 Å². The Morgan fingerprint density at radius 1 is 1.22 bits per heavy atom. The molecule has 148 valence electrons. The van der Waals surface area contributed by atoms with E-state index < -0.39 is 0 Å². The average molecular weight is 412 g/mol. The predicted molar refractivity (Wildman–Crippen MR) is 114 cm³/mol. The van der Waals surface area contributed by atoms with Gasteiger partial charge < -0.3 is 21.7 Å². The number of allylic oxidation sites excluding steroid dienone is 1. The lowest BCUT2D eigenvalue weighted by molar-refractivity contribution is -0.114. The molecular weight excluding hydrogens is 385 g/mol. The number of benzene rings is 1. The maximum Gasteiger partial charge on any atom is 0.275 e. The second-order valence-electron chi connectivity index (χ2n) is 6.11. The molecule has 0 saturated carbocycles. The van der Waals surface area contributed by atoms with E-state index in [2.05, 4.69) is 20.9 Å². The highest BCUT2D eigenvalue weighted by molar-refractivity contribution is 6.45. The molecule has 0 fully saturated rings. The smallest absolute Gasteiger partial charge is 0.275 e. The zero-order valence-electron chi connectivity index (χ0n) is 16.1. The summed E-state index contributed by atoms with van der Waals surface area (Å²) in [5, 5.41) is 10.1. The third kappa shape index (κ3) is 7.62. The SMILES string of the molecule is CNCCN=C(C(=O)NC(NCc1ccc(Cl)c(Cl)c1)=C(C)C)C(C)=CN. The van der Waals surface area contributed by atoms with Crippen LogP contribution in [0.2, 0.25) is 10.0 Å². The highest BCUT2D eigenvalue weighted by Crippen LogP contribution is 2.22. The van der Waals surface area contributed by atoms with Gasteiger partial charge in [-0.15, -0.1) is 0 Å². The molecule has 1 amide bonds. The van der Waals surface area contributed by atoms with Crippen molar-refractivity contribution in [2.24, 2.45) is 10.7 Å². The zero-order chi connectivity index (χ0) is 20.4. The molecule has 0 unspecified atom stereocenters. The Bertz CT molecular complexity index is 752. The molecule has 0 aliphatic rings.